The van der Waals surface area contributed by atoms with Crippen molar-refractivity contribution < 1.29 is 39.8 Å². The predicted octanol–water partition coefficient (Wildman–Crippen LogP) is 1.56. The van der Waals surface area contributed by atoms with Gasteiger partial charge in [0.1, 0.15) is 29.8 Å². The SMILES string of the molecule is O=C(O)C1OC(Oc2ccc(Cl)cc2Cc2cc(Cl)ccc2O)C(O)C(O)C1O. The molecule has 1 heterocycles. The number of phenolic OH excluding ortho intramolecular Hbond substituents is 1. The number of aliphatic hydroxyl groups excluding tert-OH is 3. The van der Waals surface area contributed by atoms with Gasteiger partial charge >= 0.3 is 5.97 Å². The number of aliphatic hydroxyl groups is 3. The van der Waals surface area contributed by atoms with Gasteiger partial charge in [0.15, 0.2) is 6.10 Å². The zero-order valence-electron chi connectivity index (χ0n) is 14.8. The number of halogens is 2. The van der Waals surface area contributed by atoms with Crippen molar-refractivity contribution in [1.82, 2.24) is 0 Å². The van der Waals surface area contributed by atoms with E-state index in [4.69, 9.17) is 37.8 Å². The van der Waals surface area contributed by atoms with Crippen LogP contribution in [0.5, 0.6) is 11.5 Å². The Morgan fingerprint density at radius 3 is 2.24 bits per heavy atom. The van der Waals surface area contributed by atoms with Gasteiger partial charge in [-0.1, -0.05) is 23.2 Å². The summed E-state index contributed by atoms with van der Waals surface area (Å²) < 4.78 is 10.8. The van der Waals surface area contributed by atoms with E-state index in [1.54, 1.807) is 12.1 Å². The Hall–Kier alpha value is -2.07. The van der Waals surface area contributed by atoms with E-state index in [1.807, 2.05) is 0 Å². The van der Waals surface area contributed by atoms with Crippen molar-refractivity contribution in [2.75, 3.05) is 0 Å². The van der Waals surface area contributed by atoms with Gasteiger partial charge in [-0.3, -0.25) is 0 Å². The van der Waals surface area contributed by atoms with Crippen LogP contribution in [0.15, 0.2) is 36.4 Å². The fourth-order valence-electron chi connectivity index (χ4n) is 2.98. The van der Waals surface area contributed by atoms with E-state index in [1.165, 1.54) is 24.3 Å². The van der Waals surface area contributed by atoms with Crippen LogP contribution in [0.1, 0.15) is 11.1 Å². The Labute approximate surface area is 175 Å². The van der Waals surface area contributed by atoms with Crippen LogP contribution in [-0.4, -0.2) is 62.2 Å². The quantitative estimate of drug-likeness (QED) is 0.468. The molecule has 1 saturated heterocycles. The van der Waals surface area contributed by atoms with Crippen LogP contribution in [0.25, 0.3) is 0 Å². The third kappa shape index (κ3) is 4.75. The summed E-state index contributed by atoms with van der Waals surface area (Å²) in [4.78, 5) is 11.2. The van der Waals surface area contributed by atoms with E-state index < -0.39 is 36.7 Å². The molecule has 0 amide bonds. The summed E-state index contributed by atoms with van der Waals surface area (Å²) >= 11 is 12.0. The van der Waals surface area contributed by atoms with E-state index in [-0.39, 0.29) is 17.9 Å². The lowest BCUT2D eigenvalue weighted by Gasteiger charge is -2.38. The van der Waals surface area contributed by atoms with Crippen molar-refractivity contribution in [2.24, 2.45) is 0 Å². The molecule has 0 saturated carbocycles. The lowest BCUT2D eigenvalue weighted by atomic mass is 9.99. The van der Waals surface area contributed by atoms with Gasteiger partial charge in [-0.25, -0.2) is 4.79 Å². The molecule has 156 valence electrons. The molecule has 0 aromatic heterocycles. The second-order valence-corrected chi connectivity index (χ2v) is 7.43. The Morgan fingerprint density at radius 1 is 0.966 bits per heavy atom. The van der Waals surface area contributed by atoms with E-state index in [0.717, 1.165) is 0 Å². The molecule has 0 aliphatic carbocycles. The van der Waals surface area contributed by atoms with Gasteiger partial charge in [0.05, 0.1) is 0 Å². The molecule has 2 aromatic carbocycles. The van der Waals surface area contributed by atoms with E-state index in [2.05, 4.69) is 0 Å². The standard InChI is InChI=1S/C19H18Cl2O8/c20-10-1-3-12(22)8(6-10)5-9-7-11(21)2-4-13(9)28-19-16(25)14(23)15(24)17(29-19)18(26)27/h1-4,6-7,14-17,19,22-25H,5H2,(H,26,27). The lowest BCUT2D eigenvalue weighted by Crippen LogP contribution is -2.61. The average molecular weight is 445 g/mol. The average Bonchev–Trinajstić information content (AvgIpc) is 2.66. The van der Waals surface area contributed by atoms with Crippen LogP contribution in [0.3, 0.4) is 0 Å². The number of phenols is 1. The first-order valence-electron chi connectivity index (χ1n) is 8.52. The highest BCUT2D eigenvalue weighted by molar-refractivity contribution is 6.31. The van der Waals surface area contributed by atoms with Gasteiger partial charge in [-0.05, 0) is 42.0 Å². The van der Waals surface area contributed by atoms with Crippen LogP contribution >= 0.6 is 23.2 Å². The number of rotatable bonds is 5. The Balaban J connectivity index is 1.89. The summed E-state index contributed by atoms with van der Waals surface area (Å²) in [5.74, 6) is -1.35. The molecular weight excluding hydrogens is 427 g/mol. The molecule has 3 rings (SSSR count). The molecule has 0 radical (unpaired) electrons. The molecule has 0 bridgehead atoms. The minimum absolute atomic E-state index is 0.00115. The van der Waals surface area contributed by atoms with Crippen LogP contribution in [0.4, 0.5) is 0 Å². The number of carbonyl (C=O) groups is 1. The summed E-state index contributed by atoms with van der Waals surface area (Å²) in [7, 11) is 0. The zero-order valence-corrected chi connectivity index (χ0v) is 16.3. The predicted molar refractivity (Wildman–Crippen MR) is 102 cm³/mol. The maximum Gasteiger partial charge on any atom is 0.335 e. The van der Waals surface area contributed by atoms with Crippen molar-refractivity contribution in [2.45, 2.75) is 37.1 Å². The molecule has 1 fully saturated rings. The molecule has 29 heavy (non-hydrogen) atoms. The molecule has 10 heteroatoms. The second kappa shape index (κ2) is 8.74. The Bertz CT molecular complexity index is 906. The van der Waals surface area contributed by atoms with Crippen molar-refractivity contribution in [3.63, 3.8) is 0 Å². The third-order valence-corrected chi connectivity index (χ3v) is 4.97. The Morgan fingerprint density at radius 2 is 1.59 bits per heavy atom. The first-order valence-corrected chi connectivity index (χ1v) is 9.28. The second-order valence-electron chi connectivity index (χ2n) is 6.55. The number of aromatic hydroxyl groups is 1. The van der Waals surface area contributed by atoms with E-state index in [0.29, 0.717) is 21.2 Å². The van der Waals surface area contributed by atoms with Gasteiger partial charge < -0.3 is 35.0 Å². The van der Waals surface area contributed by atoms with Gasteiger partial charge in [-0.15, -0.1) is 0 Å². The highest BCUT2D eigenvalue weighted by Gasteiger charge is 2.48. The zero-order chi connectivity index (χ0) is 21.3. The van der Waals surface area contributed by atoms with Crippen LogP contribution in [0, 0.1) is 0 Å². The van der Waals surface area contributed by atoms with Crippen molar-refractivity contribution >= 4 is 29.2 Å². The molecule has 1 aliphatic rings. The summed E-state index contributed by atoms with van der Waals surface area (Å²) in [5.41, 5.74) is 0.965. The summed E-state index contributed by atoms with van der Waals surface area (Å²) in [6.07, 6.45) is -8.52. The smallest absolute Gasteiger partial charge is 0.335 e. The van der Waals surface area contributed by atoms with E-state index in [9.17, 15) is 25.2 Å². The largest absolute Gasteiger partial charge is 0.508 e. The van der Waals surface area contributed by atoms with Crippen LogP contribution in [0.2, 0.25) is 10.0 Å². The number of aliphatic carboxylic acids is 1. The number of ether oxygens (including phenoxy) is 2. The molecule has 2 aromatic rings. The Kier molecular flexibility index (Phi) is 6.52. The van der Waals surface area contributed by atoms with Gasteiger partial charge in [-0.2, -0.15) is 0 Å². The highest BCUT2D eigenvalue weighted by atomic mass is 35.5. The number of hydrogen-bond donors (Lipinski definition) is 5. The highest BCUT2D eigenvalue weighted by Crippen LogP contribution is 2.32. The lowest BCUT2D eigenvalue weighted by molar-refractivity contribution is -0.271. The van der Waals surface area contributed by atoms with Crippen molar-refractivity contribution in [1.29, 1.82) is 0 Å². The van der Waals surface area contributed by atoms with E-state index >= 15 is 0 Å². The maximum absolute atomic E-state index is 11.2. The minimum atomic E-state index is -1.82. The topological polar surface area (TPSA) is 137 Å². The molecule has 5 atom stereocenters. The van der Waals surface area contributed by atoms with Crippen LogP contribution < -0.4 is 4.74 Å². The summed E-state index contributed by atoms with van der Waals surface area (Å²) in [6, 6.07) is 9.07. The van der Waals surface area contributed by atoms with Gasteiger partial charge in [0.2, 0.25) is 6.29 Å². The van der Waals surface area contributed by atoms with Crippen molar-refractivity contribution in [3.8, 4) is 11.5 Å². The fourth-order valence-corrected chi connectivity index (χ4v) is 3.37. The maximum atomic E-state index is 11.2. The third-order valence-electron chi connectivity index (χ3n) is 4.50. The summed E-state index contributed by atoms with van der Waals surface area (Å²) in [6.45, 7) is 0. The molecule has 1 aliphatic heterocycles. The first kappa shape index (κ1) is 21.6. The van der Waals surface area contributed by atoms with Gasteiger partial charge in [0, 0.05) is 22.0 Å². The molecule has 0 spiro atoms. The normalized spacial score (nSPS) is 26.9. The van der Waals surface area contributed by atoms with Crippen LogP contribution in [-0.2, 0) is 16.0 Å². The fraction of sp³-hybridized carbons (Fsp3) is 0.316. The number of carboxylic acids is 1. The molecular formula is C19H18Cl2O8. The molecule has 5 N–H and O–H groups in total. The number of carboxylic acid groups (broad SMARTS) is 1. The number of benzene rings is 2. The molecule has 8 nitrogen and oxygen atoms in total. The number of hydrogen-bond acceptors (Lipinski definition) is 7. The molecule has 5 unspecified atom stereocenters. The first-order chi connectivity index (χ1) is 13.7. The van der Waals surface area contributed by atoms with Gasteiger partial charge in [0.25, 0.3) is 0 Å². The monoisotopic (exact) mass is 444 g/mol. The minimum Gasteiger partial charge on any atom is -0.508 e. The summed E-state index contributed by atoms with van der Waals surface area (Å²) in [5, 5.41) is 49.8. The van der Waals surface area contributed by atoms with Crippen molar-refractivity contribution in [3.05, 3.63) is 57.6 Å².